The predicted octanol–water partition coefficient (Wildman–Crippen LogP) is 4.20. The van der Waals surface area contributed by atoms with Crippen molar-refractivity contribution in [3.8, 4) is 0 Å². The van der Waals surface area contributed by atoms with Crippen LogP contribution in [0.1, 0.15) is 15.9 Å². The quantitative estimate of drug-likeness (QED) is 0.718. The molecule has 0 aliphatic heterocycles. The number of hydrogen-bond acceptors (Lipinski definition) is 4. The highest BCUT2D eigenvalue weighted by Crippen LogP contribution is 2.25. The lowest BCUT2D eigenvalue weighted by Gasteiger charge is -2.07. The monoisotopic (exact) mass is 361 g/mol. The van der Waals surface area contributed by atoms with Crippen molar-refractivity contribution in [2.24, 2.45) is 0 Å². The third kappa shape index (κ3) is 3.06. The normalized spacial score (nSPS) is 10.8. The Morgan fingerprint density at radius 3 is 2.86 bits per heavy atom. The lowest BCUT2D eigenvalue weighted by Crippen LogP contribution is -2.11. The van der Waals surface area contributed by atoms with Gasteiger partial charge in [0.25, 0.3) is 5.91 Å². The van der Waals surface area contributed by atoms with Gasteiger partial charge in [-0.05, 0) is 48.9 Å². The highest BCUT2D eigenvalue weighted by atomic mass is 79.9. The number of nitrogens with two attached hydrogens (primary N) is 1. The first-order valence-electron chi connectivity index (χ1n) is 6.26. The number of carbonyl (C=O) groups is 1. The van der Waals surface area contributed by atoms with E-state index in [1.54, 1.807) is 6.07 Å². The number of amides is 1. The van der Waals surface area contributed by atoms with Crippen molar-refractivity contribution >= 4 is 54.2 Å². The van der Waals surface area contributed by atoms with Gasteiger partial charge in [-0.15, -0.1) is 0 Å². The lowest BCUT2D eigenvalue weighted by molar-refractivity contribution is 0.102. The molecule has 0 aliphatic carbocycles. The summed E-state index contributed by atoms with van der Waals surface area (Å²) in [7, 11) is 0. The van der Waals surface area contributed by atoms with Gasteiger partial charge in [-0.3, -0.25) is 4.79 Å². The molecule has 0 atom stereocenters. The third-order valence-electron chi connectivity index (χ3n) is 2.97. The molecule has 1 amide bonds. The number of carbonyl (C=O) groups excluding carboxylic acids is 1. The van der Waals surface area contributed by atoms with E-state index in [1.165, 1.54) is 11.3 Å². The van der Waals surface area contributed by atoms with Crippen LogP contribution in [0.4, 0.5) is 10.8 Å². The van der Waals surface area contributed by atoms with Crippen molar-refractivity contribution in [2.75, 3.05) is 11.1 Å². The van der Waals surface area contributed by atoms with E-state index in [1.807, 2.05) is 37.3 Å². The Hall–Kier alpha value is -1.92. The molecule has 3 rings (SSSR count). The van der Waals surface area contributed by atoms with Crippen LogP contribution in [-0.2, 0) is 0 Å². The molecule has 2 aromatic carbocycles. The van der Waals surface area contributed by atoms with E-state index < -0.39 is 0 Å². The summed E-state index contributed by atoms with van der Waals surface area (Å²) in [5.41, 5.74) is 8.91. The smallest absolute Gasteiger partial charge is 0.255 e. The minimum atomic E-state index is -0.152. The van der Waals surface area contributed by atoms with E-state index in [-0.39, 0.29) is 5.91 Å². The van der Waals surface area contributed by atoms with E-state index in [2.05, 4.69) is 26.2 Å². The highest BCUT2D eigenvalue weighted by molar-refractivity contribution is 9.10. The van der Waals surface area contributed by atoms with Crippen molar-refractivity contribution in [3.05, 3.63) is 52.0 Å². The standard InChI is InChI=1S/C15H12BrN3OS/c1-8-4-10(16)7-11(5-8)18-14(20)9-2-3-12-13(6-9)21-15(17)19-12/h2-7H,1H3,(H2,17,19)(H,18,20). The molecule has 0 fully saturated rings. The molecular formula is C15H12BrN3OS. The Morgan fingerprint density at radius 2 is 2.10 bits per heavy atom. The van der Waals surface area contributed by atoms with Crippen molar-refractivity contribution < 1.29 is 4.79 Å². The maximum atomic E-state index is 12.3. The minimum Gasteiger partial charge on any atom is -0.375 e. The molecule has 0 aliphatic rings. The lowest BCUT2D eigenvalue weighted by atomic mass is 10.2. The third-order valence-corrected chi connectivity index (χ3v) is 4.27. The van der Waals surface area contributed by atoms with Gasteiger partial charge in [0, 0.05) is 15.7 Å². The minimum absolute atomic E-state index is 0.152. The summed E-state index contributed by atoms with van der Waals surface area (Å²) in [6.45, 7) is 1.98. The highest BCUT2D eigenvalue weighted by Gasteiger charge is 2.09. The first-order chi connectivity index (χ1) is 10.0. The van der Waals surface area contributed by atoms with Crippen LogP contribution in [0.15, 0.2) is 40.9 Å². The number of rotatable bonds is 2. The van der Waals surface area contributed by atoms with Gasteiger partial charge in [-0.1, -0.05) is 27.3 Å². The molecule has 0 saturated carbocycles. The molecule has 106 valence electrons. The summed E-state index contributed by atoms with van der Waals surface area (Å²) in [6, 6.07) is 11.1. The second kappa shape index (κ2) is 5.46. The fourth-order valence-electron chi connectivity index (χ4n) is 2.10. The van der Waals surface area contributed by atoms with Crippen molar-refractivity contribution in [3.63, 3.8) is 0 Å². The topological polar surface area (TPSA) is 68.0 Å². The number of nitrogens with zero attached hydrogens (tertiary/aromatic N) is 1. The number of aromatic nitrogens is 1. The van der Waals surface area contributed by atoms with Crippen molar-refractivity contribution in [1.29, 1.82) is 0 Å². The molecule has 21 heavy (non-hydrogen) atoms. The second-order valence-corrected chi connectivity index (χ2v) is 6.68. The second-order valence-electron chi connectivity index (χ2n) is 4.71. The first kappa shape index (κ1) is 14.0. The van der Waals surface area contributed by atoms with E-state index in [4.69, 9.17) is 5.73 Å². The SMILES string of the molecule is Cc1cc(Br)cc(NC(=O)c2ccc3nc(N)sc3c2)c1. The Morgan fingerprint density at radius 1 is 1.29 bits per heavy atom. The molecular weight excluding hydrogens is 350 g/mol. The predicted molar refractivity (Wildman–Crippen MR) is 90.9 cm³/mol. The first-order valence-corrected chi connectivity index (χ1v) is 7.87. The van der Waals surface area contributed by atoms with Gasteiger partial charge < -0.3 is 11.1 Å². The maximum Gasteiger partial charge on any atom is 0.255 e. The van der Waals surface area contributed by atoms with Crippen molar-refractivity contribution in [2.45, 2.75) is 6.92 Å². The summed E-state index contributed by atoms with van der Waals surface area (Å²) >= 11 is 4.80. The summed E-state index contributed by atoms with van der Waals surface area (Å²) in [5, 5.41) is 3.40. The number of nitrogens with one attached hydrogen (secondary N) is 1. The zero-order chi connectivity index (χ0) is 15.0. The van der Waals surface area contributed by atoms with E-state index in [0.717, 1.165) is 25.9 Å². The van der Waals surface area contributed by atoms with Crippen LogP contribution >= 0.6 is 27.3 Å². The number of thiazole rings is 1. The molecule has 6 heteroatoms. The van der Waals surface area contributed by atoms with Crippen molar-refractivity contribution in [1.82, 2.24) is 4.98 Å². The molecule has 0 radical (unpaired) electrons. The summed E-state index contributed by atoms with van der Waals surface area (Å²) in [6.07, 6.45) is 0. The Balaban J connectivity index is 1.89. The van der Waals surface area contributed by atoms with Gasteiger partial charge in [-0.2, -0.15) is 0 Å². The fourth-order valence-corrected chi connectivity index (χ4v) is 3.48. The molecule has 4 nitrogen and oxygen atoms in total. The average molecular weight is 362 g/mol. The molecule has 0 spiro atoms. The number of aryl methyl sites for hydroxylation is 1. The zero-order valence-electron chi connectivity index (χ0n) is 11.2. The molecule has 1 aromatic heterocycles. The van der Waals surface area contributed by atoms with E-state index in [9.17, 15) is 4.79 Å². The van der Waals surface area contributed by atoms with E-state index >= 15 is 0 Å². The average Bonchev–Trinajstić information content (AvgIpc) is 2.76. The number of fused-ring (bicyclic) bond motifs is 1. The summed E-state index contributed by atoms with van der Waals surface area (Å²) < 4.78 is 1.84. The molecule has 0 unspecified atom stereocenters. The summed E-state index contributed by atoms with van der Waals surface area (Å²) in [4.78, 5) is 16.5. The van der Waals surface area contributed by atoms with Gasteiger partial charge in [0.1, 0.15) is 0 Å². The van der Waals surface area contributed by atoms with Crippen LogP contribution in [0.2, 0.25) is 0 Å². The van der Waals surface area contributed by atoms with Crippen LogP contribution in [-0.4, -0.2) is 10.9 Å². The number of anilines is 2. The molecule has 3 aromatic rings. The van der Waals surface area contributed by atoms with Gasteiger partial charge >= 0.3 is 0 Å². The number of halogens is 1. The molecule has 1 heterocycles. The maximum absolute atomic E-state index is 12.3. The van der Waals surface area contributed by atoms with Crippen LogP contribution < -0.4 is 11.1 Å². The van der Waals surface area contributed by atoms with Gasteiger partial charge in [-0.25, -0.2) is 4.98 Å². The van der Waals surface area contributed by atoms with Crippen LogP contribution in [0, 0.1) is 6.92 Å². The van der Waals surface area contributed by atoms with E-state index in [0.29, 0.717) is 10.7 Å². The molecule has 0 saturated heterocycles. The zero-order valence-corrected chi connectivity index (χ0v) is 13.6. The Bertz CT molecular complexity index is 824. The Kier molecular flexibility index (Phi) is 3.65. The largest absolute Gasteiger partial charge is 0.375 e. The van der Waals surface area contributed by atoms with Gasteiger partial charge in [0.15, 0.2) is 5.13 Å². The molecule has 3 N–H and O–H groups in total. The van der Waals surface area contributed by atoms with Crippen LogP contribution in [0.5, 0.6) is 0 Å². The molecule has 0 bridgehead atoms. The van der Waals surface area contributed by atoms with Gasteiger partial charge in [0.2, 0.25) is 0 Å². The summed E-state index contributed by atoms with van der Waals surface area (Å²) in [5.74, 6) is -0.152. The fraction of sp³-hybridized carbons (Fsp3) is 0.0667. The van der Waals surface area contributed by atoms with Crippen LogP contribution in [0.25, 0.3) is 10.2 Å². The van der Waals surface area contributed by atoms with Crippen LogP contribution in [0.3, 0.4) is 0 Å². The van der Waals surface area contributed by atoms with Gasteiger partial charge in [0.05, 0.1) is 10.2 Å². The number of benzene rings is 2. The Labute approximate surface area is 134 Å². The number of hydrogen-bond donors (Lipinski definition) is 2. The number of nitrogen functional groups attached to an aromatic ring is 1.